The van der Waals surface area contributed by atoms with Gasteiger partial charge in [-0.25, -0.2) is 9.97 Å². The van der Waals surface area contributed by atoms with E-state index in [1.807, 2.05) is 32.2 Å². The summed E-state index contributed by atoms with van der Waals surface area (Å²) in [6.45, 7) is 5.21. The van der Waals surface area contributed by atoms with E-state index in [0.717, 1.165) is 17.2 Å². The van der Waals surface area contributed by atoms with Crippen LogP contribution in [0.15, 0.2) is 24.5 Å². The Morgan fingerprint density at radius 3 is 2.76 bits per heavy atom. The number of ether oxygens (including phenoxy) is 1. The first-order chi connectivity index (χ1) is 8.28. The van der Waals surface area contributed by atoms with Crippen LogP contribution < -0.4 is 10.1 Å². The van der Waals surface area contributed by atoms with Crippen molar-refractivity contribution >= 4 is 5.69 Å². The van der Waals surface area contributed by atoms with Gasteiger partial charge in [0.2, 0.25) is 5.88 Å². The zero-order valence-corrected chi connectivity index (χ0v) is 10.0. The lowest BCUT2D eigenvalue weighted by molar-refractivity contribution is 0.327. The molecule has 0 amide bonds. The van der Waals surface area contributed by atoms with Gasteiger partial charge in [-0.3, -0.25) is 0 Å². The molecule has 90 valence electrons. The van der Waals surface area contributed by atoms with Crippen molar-refractivity contribution in [1.82, 2.24) is 15.0 Å². The van der Waals surface area contributed by atoms with Crippen LogP contribution in [0.25, 0.3) is 0 Å². The summed E-state index contributed by atoms with van der Waals surface area (Å²) in [5.41, 5.74) is 2.01. The van der Waals surface area contributed by atoms with E-state index in [2.05, 4.69) is 20.3 Å². The highest BCUT2D eigenvalue weighted by molar-refractivity contribution is 5.42. The van der Waals surface area contributed by atoms with E-state index in [1.54, 1.807) is 6.20 Å². The molecule has 5 heteroatoms. The minimum absolute atomic E-state index is 0.632. The number of hydrogen-bond donors (Lipinski definition) is 2. The summed E-state index contributed by atoms with van der Waals surface area (Å²) in [7, 11) is 0. The second kappa shape index (κ2) is 5.34. The van der Waals surface area contributed by atoms with Gasteiger partial charge in [-0.2, -0.15) is 0 Å². The van der Waals surface area contributed by atoms with Gasteiger partial charge in [-0.1, -0.05) is 0 Å². The zero-order valence-electron chi connectivity index (χ0n) is 10.0. The number of imidazole rings is 1. The monoisotopic (exact) mass is 232 g/mol. The van der Waals surface area contributed by atoms with Gasteiger partial charge in [0.25, 0.3) is 0 Å². The van der Waals surface area contributed by atoms with Crippen molar-refractivity contribution in [2.75, 3.05) is 11.9 Å². The number of anilines is 1. The molecule has 0 atom stereocenters. The van der Waals surface area contributed by atoms with Crippen LogP contribution >= 0.6 is 0 Å². The van der Waals surface area contributed by atoms with Gasteiger partial charge in [-0.15, -0.1) is 0 Å². The molecule has 0 bridgehead atoms. The molecule has 0 radical (unpaired) electrons. The molecule has 5 nitrogen and oxygen atoms in total. The molecule has 2 aromatic heterocycles. The van der Waals surface area contributed by atoms with Gasteiger partial charge in [0.1, 0.15) is 5.82 Å². The van der Waals surface area contributed by atoms with Crippen LogP contribution in [-0.2, 0) is 6.54 Å². The average molecular weight is 232 g/mol. The Kier molecular flexibility index (Phi) is 3.59. The second-order valence-corrected chi connectivity index (χ2v) is 3.67. The number of aromatic amines is 1. The third-order valence-electron chi connectivity index (χ3n) is 2.27. The lowest BCUT2D eigenvalue weighted by atomic mass is 10.4. The van der Waals surface area contributed by atoms with Crippen molar-refractivity contribution in [3.8, 4) is 5.88 Å². The highest BCUT2D eigenvalue weighted by Gasteiger charge is 1.98. The predicted molar refractivity (Wildman–Crippen MR) is 66.1 cm³/mol. The van der Waals surface area contributed by atoms with Crippen molar-refractivity contribution in [3.05, 3.63) is 36.0 Å². The van der Waals surface area contributed by atoms with E-state index in [-0.39, 0.29) is 0 Å². The molecule has 2 aromatic rings. The third-order valence-corrected chi connectivity index (χ3v) is 2.27. The molecule has 2 rings (SSSR count). The molecule has 2 heterocycles. The normalized spacial score (nSPS) is 10.2. The van der Waals surface area contributed by atoms with Gasteiger partial charge in [0, 0.05) is 6.07 Å². The summed E-state index contributed by atoms with van der Waals surface area (Å²) in [6, 6.07) is 3.80. The molecule has 0 fully saturated rings. The average Bonchev–Trinajstić information content (AvgIpc) is 2.75. The highest BCUT2D eigenvalue weighted by atomic mass is 16.5. The fraction of sp³-hybridized carbons (Fsp3) is 0.333. The molecule has 0 unspecified atom stereocenters. The number of aryl methyl sites for hydroxylation is 1. The van der Waals surface area contributed by atoms with E-state index < -0.39 is 0 Å². The number of rotatable bonds is 5. The molecule has 17 heavy (non-hydrogen) atoms. The number of nitrogens with one attached hydrogen (secondary N) is 2. The predicted octanol–water partition coefficient (Wildman–Crippen LogP) is 2.12. The Hall–Kier alpha value is -2.04. The fourth-order valence-corrected chi connectivity index (χ4v) is 1.48. The summed E-state index contributed by atoms with van der Waals surface area (Å²) in [5.74, 6) is 1.57. The Bertz CT molecular complexity index is 464. The van der Waals surface area contributed by atoms with E-state index in [0.29, 0.717) is 19.0 Å². The maximum Gasteiger partial charge on any atom is 0.213 e. The van der Waals surface area contributed by atoms with Crippen LogP contribution in [0.4, 0.5) is 5.69 Å². The van der Waals surface area contributed by atoms with Gasteiger partial charge in [-0.05, 0) is 19.9 Å². The third kappa shape index (κ3) is 3.21. The van der Waals surface area contributed by atoms with Crippen LogP contribution in [0.3, 0.4) is 0 Å². The Labute approximate surface area is 100 Å². The highest BCUT2D eigenvalue weighted by Crippen LogP contribution is 2.12. The van der Waals surface area contributed by atoms with Crippen LogP contribution in [0.2, 0.25) is 0 Å². The largest absolute Gasteiger partial charge is 0.478 e. The van der Waals surface area contributed by atoms with Crippen molar-refractivity contribution in [3.63, 3.8) is 0 Å². The first kappa shape index (κ1) is 11.4. The number of H-pyrrole nitrogens is 1. The van der Waals surface area contributed by atoms with Crippen molar-refractivity contribution in [1.29, 1.82) is 0 Å². The number of hydrogen-bond acceptors (Lipinski definition) is 4. The summed E-state index contributed by atoms with van der Waals surface area (Å²) < 4.78 is 5.27. The van der Waals surface area contributed by atoms with E-state index >= 15 is 0 Å². The summed E-state index contributed by atoms with van der Waals surface area (Å²) in [5, 5.41) is 3.25. The molecule has 0 saturated carbocycles. The van der Waals surface area contributed by atoms with E-state index in [4.69, 9.17) is 4.74 Å². The molecule has 0 spiro atoms. The first-order valence-electron chi connectivity index (χ1n) is 5.61. The van der Waals surface area contributed by atoms with Gasteiger partial charge < -0.3 is 15.0 Å². The van der Waals surface area contributed by atoms with E-state index in [1.165, 1.54) is 0 Å². The smallest absolute Gasteiger partial charge is 0.213 e. The SMILES string of the molecule is CCOc1ccc(NCc2cnc(C)[nH]2)cn1. The first-order valence-corrected chi connectivity index (χ1v) is 5.61. The Balaban J connectivity index is 1.90. The van der Waals surface area contributed by atoms with E-state index in [9.17, 15) is 0 Å². The van der Waals surface area contributed by atoms with Gasteiger partial charge >= 0.3 is 0 Å². The fourth-order valence-electron chi connectivity index (χ4n) is 1.48. The van der Waals surface area contributed by atoms with Crippen molar-refractivity contribution in [2.45, 2.75) is 20.4 Å². The van der Waals surface area contributed by atoms with Gasteiger partial charge in [0.05, 0.1) is 36.9 Å². The van der Waals surface area contributed by atoms with Crippen molar-refractivity contribution < 1.29 is 4.74 Å². The lowest BCUT2D eigenvalue weighted by Gasteiger charge is -2.05. The quantitative estimate of drug-likeness (QED) is 0.829. The molecule has 0 saturated heterocycles. The Morgan fingerprint density at radius 1 is 1.29 bits per heavy atom. The van der Waals surface area contributed by atoms with Gasteiger partial charge in [0.15, 0.2) is 0 Å². The maximum atomic E-state index is 5.27. The molecule has 2 N–H and O–H groups in total. The van der Waals surface area contributed by atoms with Crippen LogP contribution in [0.5, 0.6) is 5.88 Å². The summed E-state index contributed by atoms with van der Waals surface area (Å²) in [4.78, 5) is 11.5. The molecule has 0 aliphatic carbocycles. The van der Waals surface area contributed by atoms with Crippen LogP contribution in [0, 0.1) is 6.92 Å². The van der Waals surface area contributed by atoms with Crippen LogP contribution in [0.1, 0.15) is 18.4 Å². The van der Waals surface area contributed by atoms with Crippen LogP contribution in [-0.4, -0.2) is 21.6 Å². The minimum atomic E-state index is 0.632. The zero-order chi connectivity index (χ0) is 12.1. The number of pyridine rings is 1. The summed E-state index contributed by atoms with van der Waals surface area (Å²) in [6.07, 6.45) is 3.58. The Morgan fingerprint density at radius 2 is 2.18 bits per heavy atom. The molecule has 0 aliphatic rings. The lowest BCUT2D eigenvalue weighted by Crippen LogP contribution is -2.01. The number of nitrogens with zero attached hydrogens (tertiary/aromatic N) is 2. The minimum Gasteiger partial charge on any atom is -0.478 e. The molecular formula is C12H16N4O. The summed E-state index contributed by atoms with van der Waals surface area (Å²) >= 11 is 0. The second-order valence-electron chi connectivity index (χ2n) is 3.67. The standard InChI is InChI=1S/C12H16N4O/c1-3-17-12-5-4-10(6-15-12)14-8-11-7-13-9(2)16-11/h4-7,14H,3,8H2,1-2H3,(H,13,16). The molecule has 0 aliphatic heterocycles. The molecule has 0 aromatic carbocycles. The molecular weight excluding hydrogens is 216 g/mol. The number of aromatic nitrogens is 3. The maximum absolute atomic E-state index is 5.27. The van der Waals surface area contributed by atoms with Crippen molar-refractivity contribution in [2.24, 2.45) is 0 Å². The topological polar surface area (TPSA) is 62.8 Å².